The summed E-state index contributed by atoms with van der Waals surface area (Å²) in [5.74, 6) is -1.03. The highest BCUT2D eigenvalue weighted by Crippen LogP contribution is 2.22. The van der Waals surface area contributed by atoms with E-state index in [4.69, 9.17) is 4.74 Å². The zero-order valence-electron chi connectivity index (χ0n) is 14.5. The van der Waals surface area contributed by atoms with Gasteiger partial charge in [0.2, 0.25) is 0 Å². The van der Waals surface area contributed by atoms with Crippen molar-refractivity contribution in [3.8, 4) is 5.75 Å². The number of aromatic nitrogens is 1. The van der Waals surface area contributed by atoms with Gasteiger partial charge in [-0.05, 0) is 30.8 Å². The summed E-state index contributed by atoms with van der Waals surface area (Å²) >= 11 is 0. The third-order valence-electron chi connectivity index (χ3n) is 4.36. The number of rotatable bonds is 8. The Balaban J connectivity index is 1.51. The van der Waals surface area contributed by atoms with Crippen molar-refractivity contribution < 1.29 is 18.7 Å². The Morgan fingerprint density at radius 2 is 1.77 bits per heavy atom. The summed E-state index contributed by atoms with van der Waals surface area (Å²) in [6, 6.07) is 9.98. The molecule has 0 spiro atoms. The first kappa shape index (κ1) is 18.0. The molecule has 0 bridgehead atoms. The van der Waals surface area contributed by atoms with Gasteiger partial charge in [0, 0.05) is 25.8 Å². The lowest BCUT2D eigenvalue weighted by molar-refractivity contribution is 0.0634. The Morgan fingerprint density at radius 1 is 1.08 bits per heavy atom. The van der Waals surface area contributed by atoms with Gasteiger partial charge in [-0.2, -0.15) is 4.39 Å². The molecule has 1 aliphatic heterocycles. The minimum absolute atomic E-state index is 0.115. The molecular weight excluding hydrogens is 337 g/mol. The average Bonchev–Trinajstić information content (AvgIpc) is 2.90. The first-order valence-corrected chi connectivity index (χ1v) is 8.52. The van der Waals surface area contributed by atoms with E-state index < -0.39 is 5.95 Å². The topological polar surface area (TPSA) is 62.7 Å². The van der Waals surface area contributed by atoms with Crippen LogP contribution < -0.4 is 4.74 Å². The van der Waals surface area contributed by atoms with E-state index in [2.05, 4.69) is 4.98 Å². The van der Waals surface area contributed by atoms with Gasteiger partial charge < -0.3 is 4.74 Å². The van der Waals surface area contributed by atoms with E-state index in [9.17, 15) is 14.0 Å². The Bertz CT molecular complexity index is 777. The van der Waals surface area contributed by atoms with Crippen LogP contribution in [-0.4, -0.2) is 59.4 Å². The number of likely N-dealkylation sites (N-methyl/N-ethyl adjacent to an activating group) is 1. The standard InChI is InChI=1S/C19H20FN3O3/c1-2-22(12-13-26-16-8-5-9-21-17(16)20)10-11-23-18(24)14-6-3-4-7-15(14)19(23)25/h3-9H,2,10-13H2,1H3. The van der Waals surface area contributed by atoms with Gasteiger partial charge in [0.1, 0.15) is 6.61 Å². The van der Waals surface area contributed by atoms with Crippen molar-refractivity contribution in [1.82, 2.24) is 14.8 Å². The van der Waals surface area contributed by atoms with Crippen LogP contribution in [-0.2, 0) is 0 Å². The quantitative estimate of drug-likeness (QED) is 0.535. The molecule has 0 saturated heterocycles. The van der Waals surface area contributed by atoms with Gasteiger partial charge in [-0.15, -0.1) is 0 Å². The number of carbonyl (C=O) groups excluding carboxylic acids is 2. The summed E-state index contributed by atoms with van der Waals surface area (Å²) in [6.45, 7) is 4.38. The van der Waals surface area contributed by atoms with Gasteiger partial charge in [0.05, 0.1) is 11.1 Å². The number of fused-ring (bicyclic) bond motifs is 1. The van der Waals surface area contributed by atoms with Crippen molar-refractivity contribution in [1.29, 1.82) is 0 Å². The number of imide groups is 1. The maximum Gasteiger partial charge on any atom is 0.261 e. The van der Waals surface area contributed by atoms with Crippen molar-refractivity contribution in [3.05, 3.63) is 59.7 Å². The molecule has 0 N–H and O–H groups in total. The van der Waals surface area contributed by atoms with E-state index in [1.54, 1.807) is 30.3 Å². The van der Waals surface area contributed by atoms with Gasteiger partial charge >= 0.3 is 0 Å². The highest BCUT2D eigenvalue weighted by atomic mass is 19.1. The van der Waals surface area contributed by atoms with Crippen LogP contribution in [0.1, 0.15) is 27.6 Å². The van der Waals surface area contributed by atoms with Gasteiger partial charge in [-0.1, -0.05) is 19.1 Å². The molecule has 0 saturated carbocycles. The molecule has 0 atom stereocenters. The van der Waals surface area contributed by atoms with Crippen LogP contribution in [0.5, 0.6) is 5.75 Å². The Hall–Kier alpha value is -2.80. The van der Waals surface area contributed by atoms with Crippen LogP contribution in [0.2, 0.25) is 0 Å². The van der Waals surface area contributed by atoms with E-state index >= 15 is 0 Å². The molecule has 136 valence electrons. The molecule has 1 aliphatic rings. The number of amides is 2. The minimum Gasteiger partial charge on any atom is -0.487 e. The fourth-order valence-electron chi connectivity index (χ4n) is 2.88. The van der Waals surface area contributed by atoms with E-state index in [-0.39, 0.29) is 17.6 Å². The number of ether oxygens (including phenoxy) is 1. The van der Waals surface area contributed by atoms with Crippen LogP contribution in [0.3, 0.4) is 0 Å². The molecule has 1 aromatic heterocycles. The van der Waals surface area contributed by atoms with Gasteiger partial charge in [0.15, 0.2) is 5.75 Å². The van der Waals surface area contributed by atoms with Crippen LogP contribution in [0.25, 0.3) is 0 Å². The van der Waals surface area contributed by atoms with Crippen molar-refractivity contribution in [2.24, 2.45) is 0 Å². The molecule has 0 fully saturated rings. The maximum atomic E-state index is 13.4. The number of hydrogen-bond donors (Lipinski definition) is 0. The first-order valence-electron chi connectivity index (χ1n) is 8.52. The summed E-state index contributed by atoms with van der Waals surface area (Å²) in [7, 11) is 0. The van der Waals surface area contributed by atoms with Crippen molar-refractivity contribution >= 4 is 11.8 Å². The molecule has 2 aromatic rings. The predicted octanol–water partition coefficient (Wildman–Crippen LogP) is 2.22. The third-order valence-corrected chi connectivity index (χ3v) is 4.36. The van der Waals surface area contributed by atoms with Gasteiger partial charge in [-0.3, -0.25) is 19.4 Å². The summed E-state index contributed by atoms with van der Waals surface area (Å²) in [5, 5.41) is 0. The molecule has 0 unspecified atom stereocenters. The number of pyridine rings is 1. The molecule has 6 nitrogen and oxygen atoms in total. The fraction of sp³-hybridized carbons (Fsp3) is 0.316. The van der Waals surface area contributed by atoms with E-state index in [0.717, 1.165) is 6.54 Å². The largest absolute Gasteiger partial charge is 0.487 e. The normalized spacial score (nSPS) is 13.4. The predicted molar refractivity (Wildman–Crippen MR) is 93.6 cm³/mol. The number of halogens is 1. The lowest BCUT2D eigenvalue weighted by Gasteiger charge is -2.23. The number of hydrogen-bond acceptors (Lipinski definition) is 5. The second-order valence-corrected chi connectivity index (χ2v) is 5.88. The second kappa shape index (κ2) is 8.05. The summed E-state index contributed by atoms with van der Waals surface area (Å²) < 4.78 is 18.8. The first-order chi connectivity index (χ1) is 12.6. The molecule has 1 aromatic carbocycles. The number of benzene rings is 1. The van der Waals surface area contributed by atoms with Crippen LogP contribution in [0.4, 0.5) is 4.39 Å². The lowest BCUT2D eigenvalue weighted by atomic mass is 10.1. The van der Waals surface area contributed by atoms with Crippen LogP contribution >= 0.6 is 0 Å². The van der Waals surface area contributed by atoms with E-state index in [0.29, 0.717) is 37.4 Å². The van der Waals surface area contributed by atoms with Crippen molar-refractivity contribution in [2.45, 2.75) is 6.92 Å². The minimum atomic E-state index is -0.637. The zero-order chi connectivity index (χ0) is 18.5. The van der Waals surface area contributed by atoms with Crippen LogP contribution in [0, 0.1) is 5.95 Å². The molecule has 2 amide bonds. The second-order valence-electron chi connectivity index (χ2n) is 5.88. The SMILES string of the molecule is CCN(CCOc1cccnc1F)CCN1C(=O)c2ccccc2C1=O. The highest BCUT2D eigenvalue weighted by molar-refractivity contribution is 6.21. The number of nitrogens with zero attached hydrogens (tertiary/aromatic N) is 3. The molecule has 2 heterocycles. The Labute approximate surface area is 151 Å². The molecule has 0 aliphatic carbocycles. The molecule has 26 heavy (non-hydrogen) atoms. The molecule has 7 heteroatoms. The third kappa shape index (κ3) is 3.72. The lowest BCUT2D eigenvalue weighted by Crippen LogP contribution is -2.39. The average molecular weight is 357 g/mol. The summed E-state index contributed by atoms with van der Waals surface area (Å²) in [5.41, 5.74) is 0.909. The van der Waals surface area contributed by atoms with Gasteiger partial charge in [0.25, 0.3) is 17.8 Å². The van der Waals surface area contributed by atoms with Crippen molar-refractivity contribution in [2.75, 3.05) is 32.8 Å². The Morgan fingerprint density at radius 3 is 2.38 bits per heavy atom. The molecule has 0 radical (unpaired) electrons. The van der Waals surface area contributed by atoms with E-state index in [1.807, 2.05) is 11.8 Å². The smallest absolute Gasteiger partial charge is 0.261 e. The van der Waals surface area contributed by atoms with E-state index in [1.165, 1.54) is 17.2 Å². The molecular formula is C19H20FN3O3. The fourth-order valence-corrected chi connectivity index (χ4v) is 2.88. The van der Waals surface area contributed by atoms with Gasteiger partial charge in [-0.25, -0.2) is 4.98 Å². The molecule has 3 rings (SSSR count). The zero-order valence-corrected chi connectivity index (χ0v) is 14.5. The van der Waals surface area contributed by atoms with Crippen LogP contribution in [0.15, 0.2) is 42.6 Å². The van der Waals surface area contributed by atoms with Crippen molar-refractivity contribution in [3.63, 3.8) is 0 Å². The number of carbonyl (C=O) groups is 2. The Kier molecular flexibility index (Phi) is 5.58. The maximum absolute atomic E-state index is 13.4. The monoisotopic (exact) mass is 357 g/mol. The summed E-state index contributed by atoms with van der Waals surface area (Å²) in [4.78, 5) is 31.6. The highest BCUT2D eigenvalue weighted by Gasteiger charge is 2.34. The summed E-state index contributed by atoms with van der Waals surface area (Å²) in [6.07, 6.45) is 1.36.